The molecule has 4 aliphatic rings. The molecule has 3 saturated heterocycles. The second-order valence-electron chi connectivity index (χ2n) is 15.9. The summed E-state index contributed by atoms with van der Waals surface area (Å²) in [6, 6.07) is 12.8. The van der Waals surface area contributed by atoms with Crippen molar-refractivity contribution in [2.75, 3.05) is 49.2 Å². The summed E-state index contributed by atoms with van der Waals surface area (Å²) in [4.78, 5) is 73.9. The summed E-state index contributed by atoms with van der Waals surface area (Å²) in [5.41, 5.74) is 6.35. The lowest BCUT2D eigenvalue weighted by atomic mass is 9.78. The van der Waals surface area contributed by atoms with Gasteiger partial charge in [0.15, 0.2) is 5.82 Å². The Morgan fingerprint density at radius 1 is 1.02 bits per heavy atom. The second kappa shape index (κ2) is 14.2. The van der Waals surface area contributed by atoms with Crippen LogP contribution >= 0.6 is 0 Å². The second-order valence-corrected chi connectivity index (χ2v) is 15.9. The fraction of sp³-hybridized carbons (Fsp3) is 0.318. The van der Waals surface area contributed by atoms with Gasteiger partial charge in [-0.05, 0) is 62.6 Å². The van der Waals surface area contributed by atoms with Gasteiger partial charge >= 0.3 is 0 Å². The third-order valence-electron chi connectivity index (χ3n) is 11.8. The van der Waals surface area contributed by atoms with Crippen molar-refractivity contribution in [2.24, 2.45) is 12.5 Å². The van der Waals surface area contributed by atoms with E-state index in [4.69, 9.17) is 24.1 Å². The number of fused-ring (bicyclic) bond motifs is 3. The van der Waals surface area contributed by atoms with Crippen LogP contribution in [0.2, 0.25) is 0 Å². The summed E-state index contributed by atoms with van der Waals surface area (Å²) in [7, 11) is 1.81. The van der Waals surface area contributed by atoms with Crippen LogP contribution in [0.25, 0.3) is 33.3 Å². The van der Waals surface area contributed by atoms with Crippen molar-refractivity contribution in [1.82, 2.24) is 35.1 Å². The number of hydrogen-bond acceptors (Lipinski definition) is 12. The van der Waals surface area contributed by atoms with Gasteiger partial charge in [-0.1, -0.05) is 11.8 Å². The number of carbonyl (C=O) groups excluding carboxylic acids is 3. The number of hydrogen-bond donors (Lipinski definition) is 2. The number of pyridine rings is 3. The van der Waals surface area contributed by atoms with E-state index in [1.165, 1.54) is 0 Å². The van der Waals surface area contributed by atoms with Crippen LogP contribution in [-0.2, 0) is 27.8 Å². The van der Waals surface area contributed by atoms with E-state index in [-0.39, 0.29) is 47.4 Å². The number of furan rings is 1. The molecule has 15 heteroatoms. The molecule has 0 aliphatic carbocycles. The Morgan fingerprint density at radius 2 is 1.88 bits per heavy atom. The van der Waals surface area contributed by atoms with Gasteiger partial charge in [0.05, 0.1) is 60.4 Å². The molecule has 6 aromatic rings. The fourth-order valence-corrected chi connectivity index (χ4v) is 8.56. The molecule has 1 unspecified atom stereocenters. The van der Waals surface area contributed by atoms with Crippen LogP contribution in [0.4, 0.5) is 17.3 Å². The van der Waals surface area contributed by atoms with Gasteiger partial charge in [0, 0.05) is 78.4 Å². The number of amides is 3. The number of rotatable bonds is 6. The molecule has 15 nitrogen and oxygen atoms in total. The zero-order valence-corrected chi connectivity index (χ0v) is 32.5. The number of benzene rings is 1. The molecule has 3 fully saturated rings. The minimum atomic E-state index is -0.470. The molecule has 2 N–H and O–H groups in total. The van der Waals surface area contributed by atoms with Gasteiger partial charge in [-0.3, -0.25) is 29.5 Å². The van der Waals surface area contributed by atoms with E-state index in [0.29, 0.717) is 34.5 Å². The van der Waals surface area contributed by atoms with Crippen LogP contribution in [0, 0.1) is 24.2 Å². The van der Waals surface area contributed by atoms with Crippen LogP contribution in [0.5, 0.6) is 0 Å². The first-order valence-electron chi connectivity index (χ1n) is 19.7. The number of imide groups is 1. The SMILES string of the molecule is Cc1cc2c(N3CCCc4nc(-c5ccc(C(=O)NCC#Cc6ccc7occ(C8CCC(=O)NC8=O)c7c6)nc5)ncc43)nc(N3CC4(COC4)C3)cc2n(C)c1=O. The smallest absolute Gasteiger partial charge is 0.270 e. The first-order valence-corrected chi connectivity index (χ1v) is 19.7. The van der Waals surface area contributed by atoms with Gasteiger partial charge in [-0.25, -0.2) is 15.0 Å². The predicted molar refractivity (Wildman–Crippen MR) is 218 cm³/mol. The van der Waals surface area contributed by atoms with Gasteiger partial charge in [0.1, 0.15) is 22.9 Å². The number of anilines is 3. The van der Waals surface area contributed by atoms with Crippen LogP contribution in [0.1, 0.15) is 58.1 Å². The highest BCUT2D eigenvalue weighted by Gasteiger charge is 2.49. The minimum Gasteiger partial charge on any atom is -0.464 e. The quantitative estimate of drug-likeness (QED) is 0.183. The Balaban J connectivity index is 0.839. The lowest BCUT2D eigenvalue weighted by molar-refractivity contribution is -0.134. The number of aryl methyl sites for hydroxylation is 3. The lowest BCUT2D eigenvalue weighted by Gasteiger charge is -2.55. The van der Waals surface area contributed by atoms with Crippen LogP contribution in [0.3, 0.4) is 0 Å². The summed E-state index contributed by atoms with van der Waals surface area (Å²) in [6.45, 7) is 5.94. The van der Waals surface area contributed by atoms with Gasteiger partial charge in [-0.2, -0.15) is 0 Å². The zero-order valence-electron chi connectivity index (χ0n) is 32.5. The third kappa shape index (κ3) is 6.45. The molecule has 296 valence electrons. The highest BCUT2D eigenvalue weighted by atomic mass is 16.5. The largest absolute Gasteiger partial charge is 0.464 e. The molecule has 4 aliphatic heterocycles. The maximum Gasteiger partial charge on any atom is 0.270 e. The van der Waals surface area contributed by atoms with Crippen molar-refractivity contribution in [1.29, 1.82) is 0 Å². The van der Waals surface area contributed by atoms with Crippen LogP contribution < -0.4 is 26.0 Å². The normalized spacial score (nSPS) is 18.2. The summed E-state index contributed by atoms with van der Waals surface area (Å²) in [5, 5.41) is 6.85. The molecular formula is C44H39N9O6. The summed E-state index contributed by atoms with van der Waals surface area (Å²) >= 11 is 0. The van der Waals surface area contributed by atoms with Gasteiger partial charge in [-0.15, -0.1) is 0 Å². The molecule has 5 aromatic heterocycles. The number of ether oxygens (including phenoxy) is 1. The average Bonchev–Trinajstić information content (AvgIpc) is 3.63. The molecule has 9 heterocycles. The molecule has 1 atom stereocenters. The molecule has 10 rings (SSSR count). The Kier molecular flexibility index (Phi) is 8.75. The highest BCUT2D eigenvalue weighted by molar-refractivity contribution is 6.03. The average molecular weight is 790 g/mol. The van der Waals surface area contributed by atoms with E-state index in [1.807, 2.05) is 44.4 Å². The monoisotopic (exact) mass is 789 g/mol. The van der Waals surface area contributed by atoms with Gasteiger partial charge in [0.25, 0.3) is 11.5 Å². The van der Waals surface area contributed by atoms with Crippen molar-refractivity contribution in [2.45, 2.75) is 38.5 Å². The number of nitrogens with one attached hydrogen (secondary N) is 2. The Bertz CT molecular complexity index is 2860. The third-order valence-corrected chi connectivity index (χ3v) is 11.8. The Morgan fingerprint density at radius 3 is 2.66 bits per heavy atom. The van der Waals surface area contributed by atoms with E-state index in [9.17, 15) is 19.2 Å². The van der Waals surface area contributed by atoms with E-state index < -0.39 is 5.92 Å². The van der Waals surface area contributed by atoms with Crippen LogP contribution in [0.15, 0.2) is 70.3 Å². The zero-order chi connectivity index (χ0) is 40.4. The van der Waals surface area contributed by atoms with Crippen molar-refractivity contribution in [3.05, 3.63) is 99.6 Å². The summed E-state index contributed by atoms with van der Waals surface area (Å²) < 4.78 is 12.9. The van der Waals surface area contributed by atoms with E-state index >= 15 is 0 Å². The van der Waals surface area contributed by atoms with Gasteiger partial charge < -0.3 is 28.8 Å². The Labute approximate surface area is 337 Å². The standard InChI is InChI=1S/C44H39N9O6/c1-25-15-30-34(51(2)43(25)57)17-37(52-21-44(22-52)23-58-24-44)49-40(30)53-14-4-6-32-35(53)19-47-39(48-32)27-8-10-33(46-18-27)42(56)45-13-3-5-26-7-11-36-29(16-26)31(20-59-36)28-9-12-38(54)50-41(28)55/h7-8,10-11,15-20,28H,4,6,9,12-14,21-24H2,1-2H3,(H,45,56)(H,50,54,55). The Hall–Kier alpha value is -6.92. The minimum absolute atomic E-state index is 0.0322. The lowest BCUT2D eigenvalue weighted by Crippen LogP contribution is -2.66. The molecule has 0 bridgehead atoms. The van der Waals surface area contributed by atoms with Crippen LogP contribution in [-0.4, -0.2) is 81.6 Å². The van der Waals surface area contributed by atoms with Crippen molar-refractivity contribution >= 4 is 56.9 Å². The van der Waals surface area contributed by atoms with E-state index in [0.717, 1.165) is 90.6 Å². The topological polar surface area (TPSA) is 178 Å². The first-order chi connectivity index (χ1) is 28.6. The molecule has 59 heavy (non-hydrogen) atoms. The number of piperidine rings is 1. The van der Waals surface area contributed by atoms with E-state index in [1.54, 1.807) is 35.2 Å². The summed E-state index contributed by atoms with van der Waals surface area (Å²) in [5.74, 6) is 6.72. The molecule has 0 radical (unpaired) electrons. The van der Waals surface area contributed by atoms with Gasteiger partial charge in [0.2, 0.25) is 11.8 Å². The molecule has 1 spiro atoms. The number of nitrogens with zero attached hydrogens (tertiary/aromatic N) is 7. The number of carbonyl (C=O) groups is 3. The van der Waals surface area contributed by atoms with Crippen molar-refractivity contribution in [3.63, 3.8) is 0 Å². The molecule has 3 amide bonds. The molecular weight excluding hydrogens is 751 g/mol. The van der Waals surface area contributed by atoms with Crippen molar-refractivity contribution < 1.29 is 23.5 Å². The van der Waals surface area contributed by atoms with Crippen molar-refractivity contribution in [3.8, 4) is 23.2 Å². The number of aromatic nitrogens is 5. The summed E-state index contributed by atoms with van der Waals surface area (Å²) in [6.07, 6.45) is 7.29. The fourth-order valence-electron chi connectivity index (χ4n) is 8.56. The maximum atomic E-state index is 13.0. The highest BCUT2D eigenvalue weighted by Crippen LogP contribution is 2.43. The molecule has 0 saturated carbocycles. The van der Waals surface area contributed by atoms with E-state index in [2.05, 4.69) is 37.3 Å². The maximum absolute atomic E-state index is 13.0. The molecule has 1 aromatic carbocycles. The predicted octanol–water partition coefficient (Wildman–Crippen LogP) is 4.06. The first kappa shape index (κ1) is 36.4.